The zero-order chi connectivity index (χ0) is 83.4. The maximum absolute atomic E-state index is 13.9. The van der Waals surface area contributed by atoms with Crippen LogP contribution in [0.1, 0.15) is 11.4 Å². The van der Waals surface area contributed by atoms with Gasteiger partial charge in [0.05, 0.1) is 64.8 Å². The van der Waals surface area contributed by atoms with E-state index in [-0.39, 0.29) is 190 Å². The molecule has 0 atom stereocenters. The molecule has 6 aromatic heterocycles. The summed E-state index contributed by atoms with van der Waals surface area (Å²) in [6.07, 6.45) is 3.92. The molecule has 0 saturated carbocycles. The molecule has 0 aliphatic heterocycles. The largest absolute Gasteiger partial charge is 1.00 e. The number of carbonyl (C=O) groups is 1. The van der Waals surface area contributed by atoms with Crippen LogP contribution >= 0.6 is 57.2 Å². The Bertz CT molecular complexity index is 6380. The molecule has 15 aromatic rings. The summed E-state index contributed by atoms with van der Waals surface area (Å²) >= 11 is 15.7. The first-order valence-electron chi connectivity index (χ1n) is 32.0. The molecule has 6 heterocycles. The van der Waals surface area contributed by atoms with E-state index < -0.39 is 69.5 Å². The molecule has 0 saturated heterocycles. The number of hydrogen-bond acceptors (Lipinski definition) is 31. The summed E-state index contributed by atoms with van der Waals surface area (Å²) in [5.41, 5.74) is 15.8. The third-order valence-corrected chi connectivity index (χ3v) is 22.7. The number of nitrogens with zero attached hydrogens (tertiary/aromatic N) is 12. The van der Waals surface area contributed by atoms with E-state index in [4.69, 9.17) is 58.2 Å². The molecular formula is C72H50BCl2Cs2F7N13O15S6. The van der Waals surface area contributed by atoms with Crippen LogP contribution in [0.25, 0.3) is 77.6 Å². The van der Waals surface area contributed by atoms with Crippen LogP contribution in [0.15, 0.2) is 208 Å². The molecule has 3 N–H and O–H groups in total. The van der Waals surface area contributed by atoms with Crippen LogP contribution in [0, 0.1) is 40.7 Å². The molecule has 0 bridgehead atoms. The molecule has 15 rings (SSSR count). The van der Waals surface area contributed by atoms with Gasteiger partial charge in [-0.2, -0.15) is 17.2 Å². The van der Waals surface area contributed by atoms with Gasteiger partial charge >= 0.3 is 156 Å². The van der Waals surface area contributed by atoms with Gasteiger partial charge in [-0.1, -0.05) is 58.8 Å². The fourth-order valence-electron chi connectivity index (χ4n) is 10.4. The molecule has 0 amide bonds. The summed E-state index contributed by atoms with van der Waals surface area (Å²) in [7, 11) is -7.18. The second-order valence-electron chi connectivity index (χ2n) is 22.6. The Hall–Kier alpha value is -8.02. The van der Waals surface area contributed by atoms with Crippen molar-refractivity contribution in [2.45, 2.75) is 26.2 Å². The van der Waals surface area contributed by atoms with Gasteiger partial charge in [0, 0.05) is 49.0 Å². The van der Waals surface area contributed by atoms with Crippen LogP contribution in [0.2, 0.25) is 10.0 Å². The normalized spacial score (nSPS) is 10.8. The molecule has 1 radical (unpaired) electrons. The van der Waals surface area contributed by atoms with Gasteiger partial charge in [0.2, 0.25) is 40.0 Å². The SMILES string of the molecule is COc1cc(-c2cccc(F)c2)ccc1-c1ncnc2cc(S(=O)(=O)Cc3nncs3)ccc12.COc1cc(Cl)ccc1-c1ncnc2cc(S(=O)(=O)Cc3nncs3)ccc12.COc1cc(Cl)ccc1-c1ncnc2cc(S(=O)(=O)Oc3c(F)c(F)c(F)c(F)c3F)ccc12.Nc1nncs1.O=CO[O-].O[B]Oc1cccc(F)c1.[Cs+].[Cs+].[H-]. The third kappa shape index (κ3) is 24.6. The number of aromatic nitrogens is 12. The predicted molar refractivity (Wildman–Crippen MR) is 413 cm³/mol. The Morgan fingerprint density at radius 3 is 1.28 bits per heavy atom. The Kier molecular flexibility index (Phi) is 36.0. The van der Waals surface area contributed by atoms with Crippen molar-refractivity contribution in [3.63, 3.8) is 0 Å². The molecule has 118 heavy (non-hydrogen) atoms. The van der Waals surface area contributed by atoms with Gasteiger partial charge in [-0.15, -0.1) is 53.3 Å². The van der Waals surface area contributed by atoms with Crippen molar-refractivity contribution in [1.29, 1.82) is 0 Å². The van der Waals surface area contributed by atoms with Gasteiger partial charge in [0.15, 0.2) is 19.7 Å². The van der Waals surface area contributed by atoms with E-state index in [1.54, 1.807) is 86.5 Å². The number of methoxy groups -OCH3 is 3. The Morgan fingerprint density at radius 1 is 0.492 bits per heavy atom. The first-order valence-corrected chi connectivity index (χ1v) is 40.1. The van der Waals surface area contributed by atoms with E-state index >= 15 is 0 Å². The average Bonchev–Trinajstić information content (AvgIpc) is 0.953. The number of fused-ring (bicyclic) bond motifs is 3. The topological polar surface area (TPSA) is 399 Å². The molecule has 0 spiro atoms. The fourth-order valence-corrected chi connectivity index (χ4v) is 16.3. The average molecular weight is 2010 g/mol. The van der Waals surface area contributed by atoms with Crippen LogP contribution in [0.3, 0.4) is 0 Å². The maximum atomic E-state index is 13.9. The third-order valence-electron chi connectivity index (χ3n) is 15.5. The standard InChI is InChI=1S/C24H17FN4O3S2.C21H10ClF5N2O4S.C18H13ClN4O3S2.C6H5BFO2.C2H3N3S.CH2O3.2Cs.H/c1-32-22-10-16(15-3-2-4-17(25)9-15)5-7-20(22)24-19-8-6-18(11-21(19)26-13-27-24)34(30,31)12-23-29-28-14-33-23;1-32-14-6-9(22)2-4-12(14)20-11-5-3-10(7-13(11)28-8-29-20)34(30,31)33-21-18(26)16(24)15(23)17(25)19(21)27;1-26-16-6-11(19)2-4-14(16)18-13-5-3-12(7-15(13)20-9-21-18)28(24,25)8-17-23-22-10-27-17;8-5-2-1-3-6(4-5)10-7-9;3-2-5-4-1-6-2;2-1-4-3;;;/h2-11,13-14H,12H2,1H3;2-8H,1H3;2-7,9-10H,8H2,1H3;1-4,9H;1H,(H2,3,5);1,3H;;;/q;;;;;;2*+1;-1/p-1. The van der Waals surface area contributed by atoms with Crippen LogP contribution in [-0.2, 0) is 51.0 Å². The second kappa shape index (κ2) is 44.5. The number of ether oxygens (including phenoxy) is 3. The van der Waals surface area contributed by atoms with Crippen LogP contribution < -0.4 is 172 Å². The number of halogens is 9. The number of rotatable bonds is 19. The van der Waals surface area contributed by atoms with Crippen LogP contribution in [0.4, 0.5) is 35.9 Å². The zero-order valence-electron chi connectivity index (χ0n) is 62.0. The monoisotopic (exact) mass is 2010 g/mol. The second-order valence-corrected chi connectivity index (χ2v) is 31.7. The number of nitrogen functional groups attached to an aromatic ring is 1. The van der Waals surface area contributed by atoms with E-state index in [0.717, 1.165) is 35.2 Å². The quantitative estimate of drug-likeness (QED) is 0.0115. The van der Waals surface area contributed by atoms with Crippen molar-refractivity contribution in [3.05, 3.63) is 254 Å². The molecule has 9 aromatic carbocycles. The van der Waals surface area contributed by atoms with Crippen molar-refractivity contribution in [2.24, 2.45) is 0 Å². The van der Waals surface area contributed by atoms with E-state index in [1.807, 2.05) is 30.3 Å². The van der Waals surface area contributed by atoms with E-state index in [9.17, 15) is 56.0 Å². The summed E-state index contributed by atoms with van der Waals surface area (Å²) < 4.78 is 195. The van der Waals surface area contributed by atoms with E-state index in [1.165, 1.54) is 113 Å². The molecular weight excluding hydrogens is 1960 g/mol. The van der Waals surface area contributed by atoms with Crippen molar-refractivity contribution in [2.75, 3.05) is 27.1 Å². The van der Waals surface area contributed by atoms with Crippen molar-refractivity contribution in [1.82, 2.24) is 60.5 Å². The van der Waals surface area contributed by atoms with Gasteiger partial charge in [0.25, 0.3) is 6.47 Å². The molecule has 0 aliphatic carbocycles. The zero-order valence-corrected chi connectivity index (χ0v) is 80.0. The number of carbonyl (C=O) groups excluding carboxylic acids is 1. The van der Waals surface area contributed by atoms with Crippen molar-refractivity contribution in [3.8, 4) is 73.6 Å². The number of hydrogen-bond donors (Lipinski definition) is 2. The number of anilines is 1. The number of sulfone groups is 2. The molecule has 0 unspecified atom stereocenters. The first kappa shape index (κ1) is 95.5. The smallest absolute Gasteiger partial charge is 1.00 e. The van der Waals surface area contributed by atoms with Crippen LogP contribution in [0.5, 0.6) is 28.7 Å². The number of benzene rings is 9. The number of nitrogens with two attached hydrogens (primary N) is 1. The molecule has 46 heteroatoms. The maximum Gasteiger partial charge on any atom is 1.00 e. The minimum Gasteiger partial charge on any atom is -1.00 e. The minimum absolute atomic E-state index is 0. The van der Waals surface area contributed by atoms with Gasteiger partial charge in [-0.05, 0) is 139 Å². The van der Waals surface area contributed by atoms with Gasteiger partial charge in [0.1, 0.15) is 96.6 Å². The van der Waals surface area contributed by atoms with E-state index in [2.05, 4.69) is 74.2 Å². The molecule has 597 valence electrons. The minimum atomic E-state index is -5.03. The first-order chi connectivity index (χ1) is 55.6. The van der Waals surface area contributed by atoms with Gasteiger partial charge in [-0.25, -0.2) is 68.7 Å². The Balaban J connectivity index is 0.000000218. The summed E-state index contributed by atoms with van der Waals surface area (Å²) in [6, 6.07) is 40.2. The predicted octanol–water partition coefficient (Wildman–Crippen LogP) is 7.55. The molecule has 28 nitrogen and oxygen atoms in total. The van der Waals surface area contributed by atoms with Crippen LogP contribution in [-0.4, -0.2) is 126 Å². The van der Waals surface area contributed by atoms with Gasteiger partial charge < -0.3 is 45.4 Å². The van der Waals surface area contributed by atoms with Crippen molar-refractivity contribution >= 4 is 139 Å². The summed E-state index contributed by atoms with van der Waals surface area (Å²) in [5.74, 6) is -13.3. The van der Waals surface area contributed by atoms with E-state index in [0.29, 0.717) is 106 Å². The Morgan fingerprint density at radius 2 is 0.890 bits per heavy atom. The molecule has 0 aliphatic rings. The van der Waals surface area contributed by atoms with Crippen molar-refractivity contribution < 1.29 is 238 Å². The Labute approximate surface area is 806 Å². The summed E-state index contributed by atoms with van der Waals surface area (Å²) in [5, 5.41) is 42.6. The fraction of sp³-hybridized carbons (Fsp3) is 0.0694. The summed E-state index contributed by atoms with van der Waals surface area (Å²) in [6.45, 7) is -0.181. The summed E-state index contributed by atoms with van der Waals surface area (Å²) in [4.78, 5) is 36.4. The molecule has 0 fully saturated rings. The van der Waals surface area contributed by atoms with Gasteiger partial charge in [-0.3, -0.25) is 4.79 Å².